The van der Waals surface area contributed by atoms with Crippen molar-refractivity contribution in [3.8, 4) is 5.75 Å². The topological polar surface area (TPSA) is 93.1 Å². The molecule has 0 aliphatic heterocycles. The van der Waals surface area contributed by atoms with Crippen molar-refractivity contribution in [2.24, 2.45) is 0 Å². The summed E-state index contributed by atoms with van der Waals surface area (Å²) in [5.41, 5.74) is 0.753. The van der Waals surface area contributed by atoms with Gasteiger partial charge in [0.2, 0.25) is 0 Å². The van der Waals surface area contributed by atoms with Crippen LogP contribution in [0, 0.1) is 10.1 Å². The van der Waals surface area contributed by atoms with Crippen molar-refractivity contribution in [2.45, 2.75) is 26.4 Å². The summed E-state index contributed by atoms with van der Waals surface area (Å²) in [5.74, 6) is 1.17. The summed E-state index contributed by atoms with van der Waals surface area (Å²) >= 11 is 0. The molecule has 1 aromatic heterocycles. The number of aromatic nitrogens is 2. The molecule has 2 rings (SSSR count). The second-order valence-electron chi connectivity index (χ2n) is 4.82. The molecule has 1 heterocycles. The quantitative estimate of drug-likeness (QED) is 0.604. The van der Waals surface area contributed by atoms with Gasteiger partial charge in [-0.1, -0.05) is 0 Å². The number of rotatable bonds is 7. The Bertz CT molecular complexity index is 596. The van der Waals surface area contributed by atoms with Gasteiger partial charge in [-0.15, -0.1) is 0 Å². The molecule has 2 aromatic rings. The van der Waals surface area contributed by atoms with Gasteiger partial charge in [0.15, 0.2) is 5.75 Å². The van der Waals surface area contributed by atoms with Gasteiger partial charge in [0.05, 0.1) is 11.0 Å². The monoisotopic (exact) mass is 290 g/mol. The molecule has 0 saturated heterocycles. The van der Waals surface area contributed by atoms with Crippen molar-refractivity contribution in [3.05, 3.63) is 46.5 Å². The number of benzene rings is 1. The van der Waals surface area contributed by atoms with Crippen LogP contribution in [0.25, 0.3) is 0 Å². The fourth-order valence-electron chi connectivity index (χ4n) is 1.88. The molecular weight excluding hydrogens is 272 g/mol. The van der Waals surface area contributed by atoms with E-state index >= 15 is 0 Å². The van der Waals surface area contributed by atoms with Crippen molar-refractivity contribution in [1.82, 2.24) is 9.97 Å². The average Bonchev–Trinajstić information content (AvgIpc) is 2.91. The molecule has 21 heavy (non-hydrogen) atoms. The summed E-state index contributed by atoms with van der Waals surface area (Å²) in [6, 6.07) is 4.78. The lowest BCUT2D eigenvalue weighted by molar-refractivity contribution is -0.386. The molecule has 0 aliphatic rings. The number of nitrogens with one attached hydrogen (secondary N) is 2. The van der Waals surface area contributed by atoms with Gasteiger partial charge in [-0.25, -0.2) is 4.98 Å². The second-order valence-corrected chi connectivity index (χ2v) is 4.82. The third kappa shape index (κ3) is 4.20. The lowest BCUT2D eigenvalue weighted by Gasteiger charge is -2.12. The molecule has 112 valence electrons. The number of aromatic amines is 1. The smallest absolute Gasteiger partial charge is 0.311 e. The Balaban J connectivity index is 2.04. The molecule has 0 fully saturated rings. The van der Waals surface area contributed by atoms with Crippen LogP contribution >= 0.6 is 0 Å². The molecule has 0 saturated carbocycles. The summed E-state index contributed by atoms with van der Waals surface area (Å²) in [6.07, 6.45) is 4.10. The Labute approximate surface area is 122 Å². The first kappa shape index (κ1) is 14.8. The summed E-state index contributed by atoms with van der Waals surface area (Å²) < 4.78 is 5.50. The fourth-order valence-corrected chi connectivity index (χ4v) is 1.88. The average molecular weight is 290 g/mol. The molecule has 7 nitrogen and oxygen atoms in total. The Morgan fingerprint density at radius 1 is 1.48 bits per heavy atom. The Morgan fingerprint density at radius 3 is 2.90 bits per heavy atom. The number of imidazole rings is 1. The standard InChI is InChI=1S/C14H18N4O3/c1-10(2)21-13-9-11(3-4-12(13)18(19)20)15-6-5-14-16-7-8-17-14/h3-4,7-10,15H,5-6H2,1-2H3,(H,16,17). The van der Waals surface area contributed by atoms with Crippen LogP contribution in [-0.4, -0.2) is 27.5 Å². The van der Waals surface area contributed by atoms with E-state index in [9.17, 15) is 10.1 Å². The molecule has 2 N–H and O–H groups in total. The zero-order valence-corrected chi connectivity index (χ0v) is 12.0. The van der Waals surface area contributed by atoms with E-state index < -0.39 is 4.92 Å². The SMILES string of the molecule is CC(C)Oc1cc(NCCc2ncc[nH]2)ccc1[N+](=O)[O-]. The van der Waals surface area contributed by atoms with Crippen LogP contribution < -0.4 is 10.1 Å². The van der Waals surface area contributed by atoms with E-state index in [0.29, 0.717) is 6.54 Å². The first-order valence-corrected chi connectivity index (χ1v) is 6.73. The predicted molar refractivity (Wildman–Crippen MR) is 79.6 cm³/mol. The van der Waals surface area contributed by atoms with Gasteiger partial charge in [-0.3, -0.25) is 10.1 Å². The fraction of sp³-hybridized carbons (Fsp3) is 0.357. The van der Waals surface area contributed by atoms with Crippen molar-refractivity contribution >= 4 is 11.4 Å². The highest BCUT2D eigenvalue weighted by atomic mass is 16.6. The summed E-state index contributed by atoms with van der Waals surface area (Å²) in [4.78, 5) is 17.7. The van der Waals surface area contributed by atoms with E-state index in [1.165, 1.54) is 6.07 Å². The maximum Gasteiger partial charge on any atom is 0.311 e. The van der Waals surface area contributed by atoms with Gasteiger partial charge in [-0.05, 0) is 19.9 Å². The first-order chi connectivity index (χ1) is 10.1. The highest BCUT2D eigenvalue weighted by Gasteiger charge is 2.16. The van der Waals surface area contributed by atoms with Crippen LogP contribution in [0.5, 0.6) is 5.75 Å². The molecular formula is C14H18N4O3. The van der Waals surface area contributed by atoms with Crippen LogP contribution in [0.3, 0.4) is 0 Å². The molecule has 0 spiro atoms. The molecule has 0 aliphatic carbocycles. The highest BCUT2D eigenvalue weighted by Crippen LogP contribution is 2.30. The van der Waals surface area contributed by atoms with Crippen LogP contribution in [0.2, 0.25) is 0 Å². The van der Waals surface area contributed by atoms with Gasteiger partial charge in [0, 0.05) is 43.2 Å². The van der Waals surface area contributed by atoms with Crippen LogP contribution in [0.4, 0.5) is 11.4 Å². The van der Waals surface area contributed by atoms with Gasteiger partial charge in [0.25, 0.3) is 0 Å². The highest BCUT2D eigenvalue weighted by molar-refractivity contribution is 5.58. The van der Waals surface area contributed by atoms with Crippen LogP contribution in [0.1, 0.15) is 19.7 Å². The molecule has 0 unspecified atom stereocenters. The number of ether oxygens (including phenoxy) is 1. The maximum atomic E-state index is 11.0. The summed E-state index contributed by atoms with van der Waals surface area (Å²) in [7, 11) is 0. The second kappa shape index (κ2) is 6.74. The summed E-state index contributed by atoms with van der Waals surface area (Å²) in [6.45, 7) is 4.34. The Hall–Kier alpha value is -2.57. The molecule has 7 heteroatoms. The number of nitro benzene ring substituents is 1. The number of nitro groups is 1. The third-order valence-corrected chi connectivity index (χ3v) is 2.76. The van der Waals surface area contributed by atoms with E-state index in [0.717, 1.165) is 17.9 Å². The van der Waals surface area contributed by atoms with Crippen molar-refractivity contribution in [2.75, 3.05) is 11.9 Å². The van der Waals surface area contributed by atoms with Crippen molar-refractivity contribution in [3.63, 3.8) is 0 Å². The van der Waals surface area contributed by atoms with E-state index in [1.54, 1.807) is 24.5 Å². The van der Waals surface area contributed by atoms with Crippen LogP contribution in [0.15, 0.2) is 30.6 Å². The maximum absolute atomic E-state index is 11.0. The summed E-state index contributed by atoms with van der Waals surface area (Å²) in [5, 5.41) is 14.2. The lowest BCUT2D eigenvalue weighted by atomic mass is 10.2. The number of hydrogen-bond donors (Lipinski definition) is 2. The molecule has 1 aromatic carbocycles. The Kier molecular flexibility index (Phi) is 4.76. The minimum atomic E-state index is -0.440. The largest absolute Gasteiger partial charge is 0.484 e. The molecule has 0 radical (unpaired) electrons. The Morgan fingerprint density at radius 2 is 2.29 bits per heavy atom. The lowest BCUT2D eigenvalue weighted by Crippen LogP contribution is -2.09. The van der Waals surface area contributed by atoms with Gasteiger partial charge >= 0.3 is 5.69 Å². The van der Waals surface area contributed by atoms with E-state index in [1.807, 2.05) is 13.8 Å². The van der Waals surface area contributed by atoms with Gasteiger partial charge in [-0.2, -0.15) is 0 Å². The number of hydrogen-bond acceptors (Lipinski definition) is 5. The zero-order valence-electron chi connectivity index (χ0n) is 12.0. The van der Waals surface area contributed by atoms with Gasteiger partial charge < -0.3 is 15.0 Å². The van der Waals surface area contributed by atoms with E-state index in [-0.39, 0.29) is 17.5 Å². The van der Waals surface area contributed by atoms with E-state index in [2.05, 4.69) is 15.3 Å². The van der Waals surface area contributed by atoms with Crippen LogP contribution in [-0.2, 0) is 6.42 Å². The number of anilines is 1. The minimum absolute atomic E-state index is 0.0275. The zero-order chi connectivity index (χ0) is 15.2. The number of nitrogens with zero attached hydrogens (tertiary/aromatic N) is 2. The minimum Gasteiger partial charge on any atom is -0.484 e. The number of H-pyrrole nitrogens is 1. The third-order valence-electron chi connectivity index (χ3n) is 2.76. The molecule has 0 amide bonds. The van der Waals surface area contributed by atoms with E-state index in [4.69, 9.17) is 4.74 Å². The molecule has 0 bridgehead atoms. The molecule has 0 atom stereocenters. The predicted octanol–water partition coefficient (Wildman–Crippen LogP) is 2.76. The first-order valence-electron chi connectivity index (χ1n) is 6.73. The van der Waals surface area contributed by atoms with Crippen molar-refractivity contribution in [1.29, 1.82) is 0 Å². The normalized spacial score (nSPS) is 10.6. The van der Waals surface area contributed by atoms with Gasteiger partial charge in [0.1, 0.15) is 5.82 Å². The van der Waals surface area contributed by atoms with Crippen molar-refractivity contribution < 1.29 is 9.66 Å².